The van der Waals surface area contributed by atoms with E-state index >= 15 is 0 Å². The summed E-state index contributed by atoms with van der Waals surface area (Å²) in [6, 6.07) is 3.29. The average Bonchev–Trinajstić information content (AvgIpc) is 2.84. The van der Waals surface area contributed by atoms with Gasteiger partial charge in [-0.2, -0.15) is 0 Å². The van der Waals surface area contributed by atoms with E-state index in [2.05, 4.69) is 25.8 Å². The fraction of sp³-hybridized carbons (Fsp3) is 0.200. The number of anilines is 1. The number of rotatable bonds is 3. The highest BCUT2D eigenvalue weighted by Gasteiger charge is 2.01. The topological polar surface area (TPSA) is 84.7 Å². The van der Waals surface area contributed by atoms with Crippen LogP contribution in [0.1, 0.15) is 6.92 Å². The van der Waals surface area contributed by atoms with Gasteiger partial charge in [0.15, 0.2) is 0 Å². The van der Waals surface area contributed by atoms with Crippen molar-refractivity contribution < 1.29 is 4.79 Å². The zero-order valence-corrected chi connectivity index (χ0v) is 9.29. The molecule has 2 N–H and O–H groups in total. The van der Waals surface area contributed by atoms with Crippen LogP contribution in [0.15, 0.2) is 31.0 Å². The standard InChI is InChI=1S/C10H12N6O/c1-2-11-10(17)15-8-3-4-9(12-5-8)16-6-13-14-7-16/h3-7H,2H2,1H3,(H2,11,15,17). The Labute approximate surface area is 97.9 Å². The third-order valence-corrected chi connectivity index (χ3v) is 2.03. The first-order chi connectivity index (χ1) is 8.29. The van der Waals surface area contributed by atoms with E-state index in [1.807, 2.05) is 6.92 Å². The Hall–Kier alpha value is -2.44. The summed E-state index contributed by atoms with van der Waals surface area (Å²) in [6.45, 7) is 2.44. The van der Waals surface area contributed by atoms with Gasteiger partial charge in [-0.25, -0.2) is 9.78 Å². The van der Waals surface area contributed by atoms with Crippen molar-refractivity contribution in [3.05, 3.63) is 31.0 Å². The van der Waals surface area contributed by atoms with Crippen LogP contribution in [0.5, 0.6) is 0 Å². The number of nitrogens with zero attached hydrogens (tertiary/aromatic N) is 4. The molecule has 88 valence electrons. The van der Waals surface area contributed by atoms with Crippen molar-refractivity contribution in [3.63, 3.8) is 0 Å². The quantitative estimate of drug-likeness (QED) is 0.819. The van der Waals surface area contributed by atoms with E-state index < -0.39 is 0 Å². The fourth-order valence-electron chi connectivity index (χ4n) is 1.27. The van der Waals surface area contributed by atoms with Crippen molar-refractivity contribution in [1.29, 1.82) is 0 Å². The maximum atomic E-state index is 11.3. The molecule has 0 bridgehead atoms. The van der Waals surface area contributed by atoms with E-state index in [-0.39, 0.29) is 6.03 Å². The number of amides is 2. The van der Waals surface area contributed by atoms with Crippen LogP contribution in [0, 0.1) is 0 Å². The molecule has 0 aromatic carbocycles. The van der Waals surface area contributed by atoms with Gasteiger partial charge >= 0.3 is 6.03 Å². The summed E-state index contributed by atoms with van der Waals surface area (Å²) in [5, 5.41) is 12.7. The summed E-state index contributed by atoms with van der Waals surface area (Å²) in [6.07, 6.45) is 4.68. The van der Waals surface area contributed by atoms with Gasteiger partial charge < -0.3 is 10.6 Å². The van der Waals surface area contributed by atoms with Gasteiger partial charge in [-0.05, 0) is 19.1 Å². The molecule has 2 aromatic heterocycles. The molecule has 2 aromatic rings. The Morgan fingerprint density at radius 2 is 2.12 bits per heavy atom. The van der Waals surface area contributed by atoms with E-state index in [0.29, 0.717) is 18.1 Å². The molecule has 7 nitrogen and oxygen atoms in total. The summed E-state index contributed by atoms with van der Waals surface area (Å²) in [4.78, 5) is 15.4. The number of aromatic nitrogens is 4. The molecule has 0 atom stereocenters. The van der Waals surface area contributed by atoms with Crippen molar-refractivity contribution in [2.45, 2.75) is 6.92 Å². The molecule has 0 aliphatic heterocycles. The Kier molecular flexibility index (Phi) is 3.29. The Bertz CT molecular complexity index is 478. The third-order valence-electron chi connectivity index (χ3n) is 2.03. The Morgan fingerprint density at radius 3 is 2.71 bits per heavy atom. The molecule has 0 saturated heterocycles. The molecule has 0 saturated carbocycles. The molecule has 2 heterocycles. The van der Waals surface area contributed by atoms with Crippen molar-refractivity contribution in [1.82, 2.24) is 25.1 Å². The third kappa shape index (κ3) is 2.77. The van der Waals surface area contributed by atoms with Crippen LogP contribution in [0.2, 0.25) is 0 Å². The van der Waals surface area contributed by atoms with Crippen LogP contribution >= 0.6 is 0 Å². The molecule has 7 heteroatoms. The van der Waals surface area contributed by atoms with Crippen molar-refractivity contribution in [3.8, 4) is 5.82 Å². The predicted molar refractivity (Wildman–Crippen MR) is 61.8 cm³/mol. The number of carbonyl (C=O) groups excluding carboxylic acids is 1. The SMILES string of the molecule is CCNC(=O)Nc1ccc(-n2cnnc2)nc1. The van der Waals surface area contributed by atoms with Crippen LogP contribution in [-0.4, -0.2) is 32.3 Å². The highest BCUT2D eigenvalue weighted by Crippen LogP contribution is 2.08. The first-order valence-corrected chi connectivity index (χ1v) is 5.15. The normalized spacial score (nSPS) is 9.94. The molecule has 2 amide bonds. The molecule has 0 unspecified atom stereocenters. The molecular formula is C10H12N6O. The lowest BCUT2D eigenvalue weighted by molar-refractivity contribution is 0.252. The van der Waals surface area contributed by atoms with Crippen molar-refractivity contribution in [2.24, 2.45) is 0 Å². The van der Waals surface area contributed by atoms with Crippen molar-refractivity contribution in [2.75, 3.05) is 11.9 Å². The van der Waals surface area contributed by atoms with Crippen LogP contribution in [0.4, 0.5) is 10.5 Å². The molecule has 17 heavy (non-hydrogen) atoms. The second kappa shape index (κ2) is 5.06. The predicted octanol–water partition coefficient (Wildman–Crippen LogP) is 0.804. The zero-order chi connectivity index (χ0) is 12.1. The van der Waals surface area contributed by atoms with Crippen molar-refractivity contribution >= 4 is 11.7 Å². The van der Waals surface area contributed by atoms with Gasteiger partial charge in [0.2, 0.25) is 0 Å². The van der Waals surface area contributed by atoms with Crippen LogP contribution in [0.3, 0.4) is 0 Å². The van der Waals surface area contributed by atoms with E-state index in [1.165, 1.54) is 0 Å². The Balaban J connectivity index is 2.06. The highest BCUT2D eigenvalue weighted by molar-refractivity contribution is 5.88. The van der Waals surface area contributed by atoms with E-state index in [0.717, 1.165) is 0 Å². The number of pyridine rings is 1. The molecular weight excluding hydrogens is 220 g/mol. The molecule has 0 fully saturated rings. The number of carbonyl (C=O) groups is 1. The van der Waals surface area contributed by atoms with E-state index in [4.69, 9.17) is 0 Å². The minimum Gasteiger partial charge on any atom is -0.338 e. The van der Waals surface area contributed by atoms with Gasteiger partial charge in [-0.3, -0.25) is 4.57 Å². The molecule has 0 radical (unpaired) electrons. The largest absolute Gasteiger partial charge is 0.338 e. The van der Waals surface area contributed by atoms with Gasteiger partial charge in [0.1, 0.15) is 18.5 Å². The summed E-state index contributed by atoms with van der Waals surface area (Å²) < 4.78 is 1.68. The molecule has 0 spiro atoms. The number of hydrogen-bond acceptors (Lipinski definition) is 4. The second-order valence-corrected chi connectivity index (χ2v) is 3.26. The van der Waals surface area contributed by atoms with E-state index in [1.54, 1.807) is 35.6 Å². The average molecular weight is 232 g/mol. The minimum atomic E-state index is -0.244. The number of nitrogens with one attached hydrogen (secondary N) is 2. The summed E-state index contributed by atoms with van der Waals surface area (Å²) in [5.74, 6) is 0.691. The molecule has 0 aliphatic rings. The maximum Gasteiger partial charge on any atom is 0.319 e. The lowest BCUT2D eigenvalue weighted by atomic mass is 10.4. The van der Waals surface area contributed by atoms with Gasteiger partial charge in [-0.15, -0.1) is 10.2 Å². The fourth-order valence-corrected chi connectivity index (χ4v) is 1.27. The monoisotopic (exact) mass is 232 g/mol. The summed E-state index contributed by atoms with van der Waals surface area (Å²) in [5.41, 5.74) is 0.632. The van der Waals surface area contributed by atoms with Gasteiger partial charge in [0.05, 0.1) is 11.9 Å². The summed E-state index contributed by atoms with van der Waals surface area (Å²) in [7, 11) is 0. The molecule has 0 aliphatic carbocycles. The minimum absolute atomic E-state index is 0.244. The lowest BCUT2D eigenvalue weighted by Crippen LogP contribution is -2.28. The Morgan fingerprint density at radius 1 is 1.35 bits per heavy atom. The van der Waals surface area contributed by atoms with Gasteiger partial charge in [0, 0.05) is 6.54 Å². The van der Waals surface area contributed by atoms with Gasteiger partial charge in [-0.1, -0.05) is 0 Å². The maximum absolute atomic E-state index is 11.3. The van der Waals surface area contributed by atoms with E-state index in [9.17, 15) is 4.79 Å². The van der Waals surface area contributed by atoms with Gasteiger partial charge in [0.25, 0.3) is 0 Å². The first-order valence-electron chi connectivity index (χ1n) is 5.15. The smallest absolute Gasteiger partial charge is 0.319 e. The number of hydrogen-bond donors (Lipinski definition) is 2. The van der Waals surface area contributed by atoms with Crippen LogP contribution < -0.4 is 10.6 Å². The molecule has 2 rings (SSSR count). The van der Waals surface area contributed by atoms with Crippen LogP contribution in [0.25, 0.3) is 5.82 Å². The van der Waals surface area contributed by atoms with Crippen LogP contribution in [-0.2, 0) is 0 Å². The highest BCUT2D eigenvalue weighted by atomic mass is 16.2. The summed E-state index contributed by atoms with van der Waals surface area (Å²) >= 11 is 0. The number of urea groups is 1. The lowest BCUT2D eigenvalue weighted by Gasteiger charge is -2.06. The zero-order valence-electron chi connectivity index (χ0n) is 9.29. The first kappa shape index (κ1) is 11.1. The second-order valence-electron chi connectivity index (χ2n) is 3.26.